The average Bonchev–Trinajstić information content (AvgIpc) is 2.82. The van der Waals surface area contributed by atoms with Crippen LogP contribution in [0.2, 0.25) is 0 Å². The summed E-state index contributed by atoms with van der Waals surface area (Å²) in [6, 6.07) is 24.0. The van der Waals surface area contributed by atoms with Crippen LogP contribution in [-0.4, -0.2) is 46.6 Å². The molecule has 1 aliphatic rings. The van der Waals surface area contributed by atoms with E-state index in [1.807, 2.05) is 18.2 Å². The summed E-state index contributed by atoms with van der Waals surface area (Å²) >= 11 is 0. The van der Waals surface area contributed by atoms with Crippen molar-refractivity contribution in [3.8, 4) is 11.5 Å². The molecule has 0 radical (unpaired) electrons. The molecule has 0 spiro atoms. The zero-order valence-electron chi connectivity index (χ0n) is 17.5. The molecule has 3 aromatic rings. The summed E-state index contributed by atoms with van der Waals surface area (Å²) in [6.07, 6.45) is 0. The van der Waals surface area contributed by atoms with Gasteiger partial charge in [0.1, 0.15) is 4.90 Å². The summed E-state index contributed by atoms with van der Waals surface area (Å²) in [5.74, 6) is 0.652. The van der Waals surface area contributed by atoms with Crippen LogP contribution >= 0.6 is 0 Å². The van der Waals surface area contributed by atoms with Crippen LogP contribution in [0.4, 0.5) is 5.69 Å². The minimum Gasteiger partial charge on any atom is -0.493 e. The highest BCUT2D eigenvalue weighted by molar-refractivity contribution is 7.87. The van der Waals surface area contributed by atoms with E-state index in [1.165, 1.54) is 24.9 Å². The molecule has 3 aromatic carbocycles. The topological polar surface area (TPSA) is 59.1 Å². The van der Waals surface area contributed by atoms with Crippen LogP contribution in [0.1, 0.15) is 5.56 Å². The molecule has 1 fully saturated rings. The van der Waals surface area contributed by atoms with E-state index in [1.54, 1.807) is 24.3 Å². The quantitative estimate of drug-likeness (QED) is 0.523. The van der Waals surface area contributed by atoms with Gasteiger partial charge in [-0.3, -0.25) is 4.90 Å². The largest absolute Gasteiger partial charge is 0.493 e. The summed E-state index contributed by atoms with van der Waals surface area (Å²) in [7, 11) is -2.45. The molecular formula is C24H26N2O4S. The normalized spacial score (nSPS) is 14.9. The first-order valence-electron chi connectivity index (χ1n) is 10.2. The third-order valence-corrected chi connectivity index (χ3v) is 6.63. The fourth-order valence-corrected chi connectivity index (χ4v) is 4.73. The standard InChI is InChI=1S/C24H26N2O4S/c1-29-23-14-8-9-20(24(23)30-31(27,28)22-12-6-3-7-13-22)19-25-15-17-26(18-16-25)21-10-4-2-5-11-21/h2-14H,15-19H2,1H3. The van der Waals surface area contributed by atoms with Gasteiger partial charge in [0.05, 0.1) is 7.11 Å². The zero-order valence-corrected chi connectivity index (χ0v) is 18.3. The number of para-hydroxylation sites is 2. The molecule has 0 aliphatic carbocycles. The Morgan fingerprint density at radius 1 is 0.806 bits per heavy atom. The number of rotatable bonds is 7. The van der Waals surface area contributed by atoms with Crippen LogP contribution in [-0.2, 0) is 16.7 Å². The lowest BCUT2D eigenvalue weighted by Crippen LogP contribution is -2.46. The van der Waals surface area contributed by atoms with E-state index in [4.69, 9.17) is 8.92 Å². The summed E-state index contributed by atoms with van der Waals surface area (Å²) < 4.78 is 36.6. The van der Waals surface area contributed by atoms with Crippen molar-refractivity contribution in [2.45, 2.75) is 11.4 Å². The Balaban J connectivity index is 1.51. The van der Waals surface area contributed by atoms with Crippen LogP contribution < -0.4 is 13.8 Å². The van der Waals surface area contributed by atoms with E-state index in [9.17, 15) is 8.42 Å². The molecule has 1 aliphatic heterocycles. The van der Waals surface area contributed by atoms with Crippen LogP contribution in [0, 0.1) is 0 Å². The number of anilines is 1. The second-order valence-electron chi connectivity index (χ2n) is 7.40. The molecule has 1 heterocycles. The highest BCUT2D eigenvalue weighted by Crippen LogP contribution is 2.34. The van der Waals surface area contributed by atoms with Crippen LogP contribution in [0.25, 0.3) is 0 Å². The smallest absolute Gasteiger partial charge is 0.339 e. The number of nitrogens with zero attached hydrogens (tertiary/aromatic N) is 2. The highest BCUT2D eigenvalue weighted by atomic mass is 32.2. The van der Waals surface area contributed by atoms with Crippen molar-refractivity contribution in [1.29, 1.82) is 0 Å². The van der Waals surface area contributed by atoms with Gasteiger partial charge < -0.3 is 13.8 Å². The minimum atomic E-state index is -3.96. The van der Waals surface area contributed by atoms with Gasteiger partial charge >= 0.3 is 10.1 Å². The predicted octanol–water partition coefficient (Wildman–Crippen LogP) is 3.79. The van der Waals surface area contributed by atoms with Crippen molar-refractivity contribution < 1.29 is 17.3 Å². The summed E-state index contributed by atoms with van der Waals surface area (Å²) in [6.45, 7) is 4.15. The van der Waals surface area contributed by atoms with Crippen LogP contribution in [0.3, 0.4) is 0 Å². The van der Waals surface area contributed by atoms with Gasteiger partial charge in [0.15, 0.2) is 11.5 Å². The summed E-state index contributed by atoms with van der Waals surface area (Å²) in [5.41, 5.74) is 2.01. The highest BCUT2D eigenvalue weighted by Gasteiger charge is 2.24. The molecule has 0 atom stereocenters. The van der Waals surface area contributed by atoms with Gasteiger partial charge in [-0.1, -0.05) is 48.5 Å². The third-order valence-electron chi connectivity index (χ3n) is 5.39. The van der Waals surface area contributed by atoms with Gasteiger partial charge in [-0.2, -0.15) is 8.42 Å². The zero-order chi connectivity index (χ0) is 21.7. The van der Waals surface area contributed by atoms with E-state index in [-0.39, 0.29) is 10.6 Å². The molecule has 162 valence electrons. The van der Waals surface area contributed by atoms with Crippen molar-refractivity contribution >= 4 is 15.8 Å². The van der Waals surface area contributed by atoms with Gasteiger partial charge in [0.25, 0.3) is 0 Å². The number of hydrogen-bond donors (Lipinski definition) is 0. The first-order chi connectivity index (χ1) is 15.1. The van der Waals surface area contributed by atoms with Gasteiger partial charge in [0, 0.05) is 44.0 Å². The lowest BCUT2D eigenvalue weighted by molar-refractivity contribution is 0.247. The Morgan fingerprint density at radius 2 is 1.45 bits per heavy atom. The fourth-order valence-electron chi connectivity index (χ4n) is 3.73. The maximum atomic E-state index is 12.8. The molecule has 0 aromatic heterocycles. The molecule has 31 heavy (non-hydrogen) atoms. The Hall–Kier alpha value is -3.03. The van der Waals surface area contributed by atoms with E-state index >= 15 is 0 Å². The summed E-state index contributed by atoms with van der Waals surface area (Å²) in [5, 5.41) is 0. The molecule has 0 amide bonds. The Kier molecular flexibility index (Phi) is 6.44. The maximum absolute atomic E-state index is 12.8. The first-order valence-corrected chi connectivity index (χ1v) is 11.7. The molecule has 0 unspecified atom stereocenters. The SMILES string of the molecule is COc1cccc(CN2CCN(c3ccccc3)CC2)c1OS(=O)(=O)c1ccccc1. The van der Waals surface area contributed by atoms with E-state index in [2.05, 4.69) is 34.1 Å². The third kappa shape index (κ3) is 5.00. The molecular weight excluding hydrogens is 412 g/mol. The minimum absolute atomic E-state index is 0.114. The Morgan fingerprint density at radius 3 is 2.10 bits per heavy atom. The maximum Gasteiger partial charge on any atom is 0.339 e. The number of benzene rings is 3. The fraction of sp³-hybridized carbons (Fsp3) is 0.250. The van der Waals surface area contributed by atoms with Gasteiger partial charge in [-0.15, -0.1) is 0 Å². The average molecular weight is 439 g/mol. The Labute approximate surface area is 183 Å². The van der Waals surface area contributed by atoms with Crippen molar-refractivity contribution in [3.63, 3.8) is 0 Å². The molecule has 1 saturated heterocycles. The molecule has 0 N–H and O–H groups in total. The van der Waals surface area contributed by atoms with E-state index in [0.29, 0.717) is 12.3 Å². The molecule has 0 saturated carbocycles. The first kappa shape index (κ1) is 21.2. The van der Waals surface area contributed by atoms with Crippen LogP contribution in [0.5, 0.6) is 11.5 Å². The van der Waals surface area contributed by atoms with E-state index in [0.717, 1.165) is 31.7 Å². The van der Waals surface area contributed by atoms with Gasteiger partial charge in [-0.25, -0.2) is 0 Å². The Bertz CT molecular complexity index is 1100. The molecule has 0 bridgehead atoms. The lowest BCUT2D eigenvalue weighted by atomic mass is 10.1. The number of methoxy groups -OCH3 is 1. The summed E-state index contributed by atoms with van der Waals surface area (Å²) in [4.78, 5) is 4.78. The number of hydrogen-bond acceptors (Lipinski definition) is 6. The molecule has 4 rings (SSSR count). The molecule has 7 heteroatoms. The predicted molar refractivity (Wildman–Crippen MR) is 121 cm³/mol. The monoisotopic (exact) mass is 438 g/mol. The van der Waals surface area contributed by atoms with Crippen molar-refractivity contribution in [3.05, 3.63) is 84.4 Å². The van der Waals surface area contributed by atoms with Gasteiger partial charge in [0.2, 0.25) is 0 Å². The number of piperazine rings is 1. The number of ether oxygens (including phenoxy) is 1. The lowest BCUT2D eigenvalue weighted by Gasteiger charge is -2.36. The van der Waals surface area contributed by atoms with Crippen LogP contribution in [0.15, 0.2) is 83.8 Å². The van der Waals surface area contributed by atoms with Crippen molar-refractivity contribution in [1.82, 2.24) is 4.90 Å². The van der Waals surface area contributed by atoms with Crippen molar-refractivity contribution in [2.75, 3.05) is 38.2 Å². The molecule has 6 nitrogen and oxygen atoms in total. The second kappa shape index (κ2) is 9.41. The second-order valence-corrected chi connectivity index (χ2v) is 8.94. The van der Waals surface area contributed by atoms with Crippen molar-refractivity contribution in [2.24, 2.45) is 0 Å². The van der Waals surface area contributed by atoms with E-state index < -0.39 is 10.1 Å². The van der Waals surface area contributed by atoms with Gasteiger partial charge in [-0.05, 0) is 30.3 Å².